The highest BCUT2D eigenvalue weighted by Crippen LogP contribution is 2.22. The zero-order valence-electron chi connectivity index (χ0n) is 11.4. The number of nitrogen functional groups attached to an aromatic ring is 1. The minimum Gasteiger partial charge on any atom is -0.398 e. The summed E-state index contributed by atoms with van der Waals surface area (Å²) in [4.78, 5) is 12.1. The first-order valence-corrected chi connectivity index (χ1v) is 6.12. The summed E-state index contributed by atoms with van der Waals surface area (Å²) in [7, 11) is 0. The standard InChI is InChI=1S/C15H13F3N2O/c1-7-3-8(2)13(19)4-9(7)15(21)20-14-6-11(17)10(16)5-12(14)18/h3-6H,19H2,1-2H3,(H,20,21). The SMILES string of the molecule is Cc1cc(C)c(C(=O)Nc2cc(F)c(F)cc2F)cc1N. The van der Waals surface area contributed by atoms with Gasteiger partial charge >= 0.3 is 0 Å². The van der Waals surface area contributed by atoms with Crippen LogP contribution in [-0.4, -0.2) is 5.91 Å². The number of carbonyl (C=O) groups is 1. The van der Waals surface area contributed by atoms with Crippen LogP contribution in [0.4, 0.5) is 24.5 Å². The Morgan fingerprint density at radius 2 is 1.57 bits per heavy atom. The molecule has 1 amide bonds. The highest BCUT2D eigenvalue weighted by molar-refractivity contribution is 6.06. The van der Waals surface area contributed by atoms with Crippen LogP contribution in [0, 0.1) is 31.3 Å². The minimum atomic E-state index is -1.32. The van der Waals surface area contributed by atoms with Crippen LogP contribution in [0.1, 0.15) is 21.5 Å². The topological polar surface area (TPSA) is 55.1 Å². The Hall–Kier alpha value is -2.50. The highest BCUT2D eigenvalue weighted by atomic mass is 19.2. The van der Waals surface area contributed by atoms with Crippen molar-refractivity contribution in [2.45, 2.75) is 13.8 Å². The third-order valence-electron chi connectivity index (χ3n) is 3.12. The van der Waals surface area contributed by atoms with Gasteiger partial charge in [0.05, 0.1) is 5.69 Å². The number of carbonyl (C=O) groups excluding carboxylic acids is 1. The van der Waals surface area contributed by atoms with Gasteiger partial charge in [-0.15, -0.1) is 0 Å². The number of rotatable bonds is 2. The molecule has 0 aliphatic rings. The molecule has 0 fully saturated rings. The Labute approximate surface area is 119 Å². The summed E-state index contributed by atoms with van der Waals surface area (Å²) in [5.41, 5.74) is 7.40. The van der Waals surface area contributed by atoms with Crippen molar-refractivity contribution < 1.29 is 18.0 Å². The predicted octanol–water partition coefficient (Wildman–Crippen LogP) is 3.56. The molecule has 0 radical (unpaired) electrons. The van der Waals surface area contributed by atoms with Crippen LogP contribution < -0.4 is 11.1 Å². The van der Waals surface area contributed by atoms with Crippen LogP contribution in [0.5, 0.6) is 0 Å². The van der Waals surface area contributed by atoms with E-state index in [1.165, 1.54) is 6.07 Å². The van der Waals surface area contributed by atoms with Crippen LogP contribution in [0.15, 0.2) is 24.3 Å². The van der Waals surface area contributed by atoms with Crippen molar-refractivity contribution in [3.05, 3.63) is 58.4 Å². The number of halogens is 3. The van der Waals surface area contributed by atoms with Gasteiger partial charge in [-0.1, -0.05) is 6.07 Å². The molecule has 0 aromatic heterocycles. The summed E-state index contributed by atoms with van der Waals surface area (Å²) in [5.74, 6) is -4.27. The first kappa shape index (κ1) is 14.9. The van der Waals surface area contributed by atoms with E-state index in [2.05, 4.69) is 5.32 Å². The number of hydrogen-bond acceptors (Lipinski definition) is 2. The lowest BCUT2D eigenvalue weighted by atomic mass is 10.0. The van der Waals surface area contributed by atoms with Gasteiger partial charge < -0.3 is 11.1 Å². The smallest absolute Gasteiger partial charge is 0.256 e. The van der Waals surface area contributed by atoms with Gasteiger partial charge in [0.2, 0.25) is 0 Å². The van der Waals surface area contributed by atoms with Crippen molar-refractivity contribution >= 4 is 17.3 Å². The van der Waals surface area contributed by atoms with E-state index in [4.69, 9.17) is 5.73 Å². The van der Waals surface area contributed by atoms with E-state index in [-0.39, 0.29) is 5.56 Å². The Morgan fingerprint density at radius 3 is 2.24 bits per heavy atom. The average molecular weight is 294 g/mol. The summed E-state index contributed by atoms with van der Waals surface area (Å²) in [6, 6.07) is 4.14. The van der Waals surface area contributed by atoms with Crippen molar-refractivity contribution in [1.82, 2.24) is 0 Å². The fourth-order valence-electron chi connectivity index (χ4n) is 1.92. The lowest BCUT2D eigenvalue weighted by Gasteiger charge is -2.11. The van der Waals surface area contributed by atoms with Crippen LogP contribution in [0.3, 0.4) is 0 Å². The summed E-state index contributed by atoms with van der Waals surface area (Å²) in [6.45, 7) is 3.49. The Bertz CT molecular complexity index is 729. The molecule has 0 saturated heterocycles. The molecule has 0 aliphatic heterocycles. The first-order valence-electron chi connectivity index (χ1n) is 6.12. The number of benzene rings is 2. The van der Waals surface area contributed by atoms with E-state index >= 15 is 0 Å². The maximum atomic E-state index is 13.5. The van der Waals surface area contributed by atoms with Crippen molar-refractivity contribution in [1.29, 1.82) is 0 Å². The van der Waals surface area contributed by atoms with E-state index in [9.17, 15) is 18.0 Å². The van der Waals surface area contributed by atoms with Crippen LogP contribution in [-0.2, 0) is 0 Å². The van der Waals surface area contributed by atoms with Crippen LogP contribution >= 0.6 is 0 Å². The Kier molecular flexibility index (Phi) is 3.88. The van der Waals surface area contributed by atoms with Gasteiger partial charge in [-0.3, -0.25) is 4.79 Å². The second kappa shape index (κ2) is 5.47. The number of amides is 1. The molecule has 2 rings (SSSR count). The monoisotopic (exact) mass is 294 g/mol. The number of nitrogens with two attached hydrogens (primary N) is 1. The van der Waals surface area contributed by atoms with Crippen LogP contribution in [0.25, 0.3) is 0 Å². The average Bonchev–Trinajstić information content (AvgIpc) is 2.40. The molecule has 0 aliphatic carbocycles. The molecular formula is C15H13F3N2O. The molecule has 3 nitrogen and oxygen atoms in total. The fourth-order valence-corrected chi connectivity index (χ4v) is 1.92. The van der Waals surface area contributed by atoms with E-state index in [0.717, 1.165) is 5.56 Å². The number of anilines is 2. The van der Waals surface area contributed by atoms with E-state index in [0.29, 0.717) is 23.4 Å². The van der Waals surface area contributed by atoms with Gasteiger partial charge in [-0.2, -0.15) is 0 Å². The van der Waals surface area contributed by atoms with Gasteiger partial charge in [-0.05, 0) is 31.0 Å². The number of nitrogens with one attached hydrogen (secondary N) is 1. The Balaban J connectivity index is 2.35. The van der Waals surface area contributed by atoms with Crippen molar-refractivity contribution in [3.63, 3.8) is 0 Å². The second-order valence-electron chi connectivity index (χ2n) is 4.72. The van der Waals surface area contributed by atoms with Gasteiger partial charge in [0.1, 0.15) is 5.82 Å². The van der Waals surface area contributed by atoms with Gasteiger partial charge in [0, 0.05) is 23.4 Å². The highest BCUT2D eigenvalue weighted by Gasteiger charge is 2.15. The lowest BCUT2D eigenvalue weighted by Crippen LogP contribution is -2.15. The summed E-state index contributed by atoms with van der Waals surface area (Å²) < 4.78 is 39.4. The zero-order valence-corrected chi connectivity index (χ0v) is 11.4. The van der Waals surface area contributed by atoms with E-state index in [1.54, 1.807) is 19.9 Å². The molecule has 6 heteroatoms. The molecule has 0 spiro atoms. The molecule has 0 bridgehead atoms. The maximum Gasteiger partial charge on any atom is 0.256 e. The van der Waals surface area contributed by atoms with Crippen molar-refractivity contribution in [3.8, 4) is 0 Å². The maximum absolute atomic E-state index is 13.5. The molecule has 0 unspecified atom stereocenters. The van der Waals surface area contributed by atoms with Gasteiger partial charge in [0.25, 0.3) is 5.91 Å². The fraction of sp³-hybridized carbons (Fsp3) is 0.133. The third kappa shape index (κ3) is 2.99. The normalized spacial score (nSPS) is 10.5. The largest absolute Gasteiger partial charge is 0.398 e. The molecular weight excluding hydrogens is 281 g/mol. The first-order chi connectivity index (χ1) is 9.79. The number of hydrogen-bond donors (Lipinski definition) is 2. The quantitative estimate of drug-likeness (QED) is 0.657. The minimum absolute atomic E-state index is 0.238. The third-order valence-corrected chi connectivity index (χ3v) is 3.12. The molecule has 110 valence electrons. The predicted molar refractivity (Wildman–Crippen MR) is 74.6 cm³/mol. The lowest BCUT2D eigenvalue weighted by molar-refractivity contribution is 0.102. The molecule has 0 atom stereocenters. The molecule has 2 aromatic carbocycles. The summed E-state index contributed by atoms with van der Waals surface area (Å²) >= 11 is 0. The van der Waals surface area contributed by atoms with E-state index in [1.807, 2.05) is 0 Å². The molecule has 0 saturated carbocycles. The van der Waals surface area contributed by atoms with Gasteiger partial charge in [0.15, 0.2) is 11.6 Å². The zero-order chi connectivity index (χ0) is 15.7. The summed E-state index contributed by atoms with van der Waals surface area (Å²) in [5, 5.41) is 2.21. The molecule has 0 heterocycles. The molecule has 2 aromatic rings. The van der Waals surface area contributed by atoms with Crippen molar-refractivity contribution in [2.75, 3.05) is 11.1 Å². The van der Waals surface area contributed by atoms with Gasteiger partial charge in [-0.25, -0.2) is 13.2 Å². The van der Waals surface area contributed by atoms with E-state index < -0.39 is 29.0 Å². The van der Waals surface area contributed by atoms with Crippen LogP contribution in [0.2, 0.25) is 0 Å². The summed E-state index contributed by atoms with van der Waals surface area (Å²) in [6.07, 6.45) is 0. The van der Waals surface area contributed by atoms with Crippen molar-refractivity contribution in [2.24, 2.45) is 0 Å². The molecule has 3 N–H and O–H groups in total. The molecule has 21 heavy (non-hydrogen) atoms. The second-order valence-corrected chi connectivity index (χ2v) is 4.72. The Morgan fingerprint density at radius 1 is 0.952 bits per heavy atom. The number of aryl methyl sites for hydroxylation is 2.